The zero-order valence-electron chi connectivity index (χ0n) is 13.3. The molecular formula is C15H13F2N3O5S. The fraction of sp³-hybridized carbons (Fsp3) is 0.133. The number of amides is 1. The van der Waals surface area contributed by atoms with Crippen LogP contribution in [0.4, 0.5) is 20.2 Å². The highest BCUT2D eigenvalue weighted by molar-refractivity contribution is 7.89. The van der Waals surface area contributed by atoms with Gasteiger partial charge in [0.05, 0.1) is 16.4 Å². The van der Waals surface area contributed by atoms with Gasteiger partial charge in [-0.15, -0.1) is 0 Å². The molecule has 8 nitrogen and oxygen atoms in total. The maximum atomic E-state index is 13.1. The first-order valence-corrected chi connectivity index (χ1v) is 8.58. The topological polar surface area (TPSA) is 118 Å². The van der Waals surface area contributed by atoms with Crippen LogP contribution in [-0.4, -0.2) is 25.8 Å². The maximum Gasteiger partial charge on any atom is 0.273 e. The molecular weight excluding hydrogens is 372 g/mol. The largest absolute Gasteiger partial charge is 0.325 e. The molecule has 11 heteroatoms. The number of carbonyl (C=O) groups is 1. The zero-order valence-corrected chi connectivity index (χ0v) is 14.1. The molecule has 0 fully saturated rings. The van der Waals surface area contributed by atoms with Crippen LogP contribution in [0.3, 0.4) is 0 Å². The number of carbonyl (C=O) groups excluding carboxylic acids is 1. The van der Waals surface area contributed by atoms with E-state index in [1.165, 1.54) is 13.0 Å². The van der Waals surface area contributed by atoms with Gasteiger partial charge in [-0.3, -0.25) is 14.9 Å². The predicted octanol–water partition coefficient (Wildman–Crippen LogP) is 2.10. The van der Waals surface area contributed by atoms with Crippen LogP contribution < -0.4 is 10.0 Å². The van der Waals surface area contributed by atoms with Crippen molar-refractivity contribution in [3.63, 3.8) is 0 Å². The second-order valence-electron chi connectivity index (χ2n) is 5.21. The van der Waals surface area contributed by atoms with Gasteiger partial charge in [-0.05, 0) is 25.1 Å². The van der Waals surface area contributed by atoms with Crippen molar-refractivity contribution in [2.75, 3.05) is 11.9 Å². The van der Waals surface area contributed by atoms with E-state index in [-0.39, 0.29) is 21.8 Å². The van der Waals surface area contributed by atoms with E-state index in [1.54, 1.807) is 0 Å². The molecule has 2 aromatic rings. The normalized spacial score (nSPS) is 11.2. The average Bonchev–Trinajstić information content (AvgIpc) is 2.56. The lowest BCUT2D eigenvalue weighted by Crippen LogP contribution is -2.33. The number of nitrogens with zero attached hydrogens (tertiary/aromatic N) is 1. The lowest BCUT2D eigenvalue weighted by molar-refractivity contribution is -0.385. The molecule has 0 aliphatic heterocycles. The quantitative estimate of drug-likeness (QED) is 0.583. The van der Waals surface area contributed by atoms with E-state index in [1.807, 2.05) is 4.72 Å². The molecule has 0 spiro atoms. The average molecular weight is 385 g/mol. The van der Waals surface area contributed by atoms with Crippen molar-refractivity contribution in [1.29, 1.82) is 0 Å². The van der Waals surface area contributed by atoms with Gasteiger partial charge in [0, 0.05) is 23.4 Å². The number of nitro groups is 1. The van der Waals surface area contributed by atoms with Gasteiger partial charge in [0.25, 0.3) is 5.69 Å². The summed E-state index contributed by atoms with van der Waals surface area (Å²) in [6, 6.07) is 5.97. The molecule has 1 amide bonds. The highest BCUT2D eigenvalue weighted by atomic mass is 32.2. The Hall–Kier alpha value is -2.92. The van der Waals surface area contributed by atoms with E-state index in [0.717, 1.165) is 30.3 Å². The molecule has 0 aliphatic carbocycles. The summed E-state index contributed by atoms with van der Waals surface area (Å²) >= 11 is 0. The number of anilines is 1. The Morgan fingerprint density at radius 3 is 2.46 bits per heavy atom. The van der Waals surface area contributed by atoms with Crippen LogP contribution in [0.5, 0.6) is 0 Å². The Balaban J connectivity index is 2.07. The molecule has 0 saturated heterocycles. The number of hydrogen-bond donors (Lipinski definition) is 2. The van der Waals surface area contributed by atoms with E-state index in [9.17, 15) is 32.1 Å². The van der Waals surface area contributed by atoms with E-state index in [0.29, 0.717) is 0 Å². The van der Waals surface area contributed by atoms with E-state index in [4.69, 9.17) is 0 Å². The molecule has 0 bridgehead atoms. The van der Waals surface area contributed by atoms with Crippen molar-refractivity contribution in [3.8, 4) is 0 Å². The van der Waals surface area contributed by atoms with Gasteiger partial charge in [-0.25, -0.2) is 21.9 Å². The number of hydrogen-bond acceptors (Lipinski definition) is 5. The lowest BCUT2D eigenvalue weighted by Gasteiger charge is -2.09. The Labute approximate surface area is 147 Å². The van der Waals surface area contributed by atoms with Gasteiger partial charge in [0.1, 0.15) is 0 Å². The van der Waals surface area contributed by atoms with Crippen molar-refractivity contribution >= 4 is 27.3 Å². The molecule has 0 aromatic heterocycles. The van der Waals surface area contributed by atoms with Crippen LogP contribution in [0.25, 0.3) is 0 Å². The Morgan fingerprint density at radius 1 is 1.15 bits per heavy atom. The molecule has 26 heavy (non-hydrogen) atoms. The van der Waals surface area contributed by atoms with Gasteiger partial charge in [-0.1, -0.05) is 6.07 Å². The molecule has 2 rings (SSSR count). The fourth-order valence-electron chi connectivity index (χ4n) is 1.98. The molecule has 0 aliphatic rings. The summed E-state index contributed by atoms with van der Waals surface area (Å²) in [4.78, 5) is 21.5. The van der Waals surface area contributed by atoms with E-state index < -0.39 is 39.0 Å². The first-order valence-electron chi connectivity index (χ1n) is 7.10. The summed E-state index contributed by atoms with van der Waals surface area (Å²) in [6.07, 6.45) is 0. The number of halogens is 2. The van der Waals surface area contributed by atoms with Crippen LogP contribution in [0.2, 0.25) is 0 Å². The predicted molar refractivity (Wildman–Crippen MR) is 88.0 cm³/mol. The molecule has 0 unspecified atom stereocenters. The van der Waals surface area contributed by atoms with Gasteiger partial charge >= 0.3 is 0 Å². The molecule has 2 N–H and O–H groups in total. The molecule has 0 saturated carbocycles. The molecule has 0 radical (unpaired) electrons. The summed E-state index contributed by atoms with van der Waals surface area (Å²) in [5.41, 5.74) is -0.150. The Kier molecular flexibility index (Phi) is 5.63. The number of benzene rings is 2. The zero-order chi connectivity index (χ0) is 19.5. The number of rotatable bonds is 6. The van der Waals surface area contributed by atoms with Crippen LogP contribution in [0.1, 0.15) is 5.56 Å². The molecule has 0 heterocycles. The van der Waals surface area contributed by atoms with Gasteiger partial charge < -0.3 is 5.32 Å². The molecule has 0 atom stereocenters. The lowest BCUT2D eigenvalue weighted by atomic mass is 10.2. The second kappa shape index (κ2) is 7.54. The Bertz CT molecular complexity index is 979. The summed E-state index contributed by atoms with van der Waals surface area (Å²) < 4.78 is 52.2. The minimum Gasteiger partial charge on any atom is -0.325 e. The standard InChI is InChI=1S/C15H13F2N3O5S/c1-9-2-4-11(7-14(9)20(22)23)26(24,25)18-8-15(21)19-10-3-5-12(16)13(17)6-10/h2-7,18H,8H2,1H3,(H,19,21). The number of aryl methyl sites for hydroxylation is 1. The van der Waals surface area contributed by atoms with E-state index >= 15 is 0 Å². The highest BCUT2D eigenvalue weighted by Crippen LogP contribution is 2.22. The van der Waals surface area contributed by atoms with Gasteiger partial charge in [0.15, 0.2) is 11.6 Å². The summed E-state index contributed by atoms with van der Waals surface area (Å²) in [5, 5.41) is 13.1. The highest BCUT2D eigenvalue weighted by Gasteiger charge is 2.20. The van der Waals surface area contributed by atoms with Crippen molar-refractivity contribution in [1.82, 2.24) is 4.72 Å². The third-order valence-electron chi connectivity index (χ3n) is 3.31. The fourth-order valence-corrected chi connectivity index (χ4v) is 2.98. The van der Waals surface area contributed by atoms with Crippen LogP contribution in [0.15, 0.2) is 41.3 Å². The third-order valence-corrected chi connectivity index (χ3v) is 4.71. The SMILES string of the molecule is Cc1ccc(S(=O)(=O)NCC(=O)Nc2ccc(F)c(F)c2)cc1[N+](=O)[O-]. The van der Waals surface area contributed by atoms with Crippen LogP contribution in [0, 0.1) is 28.7 Å². The Morgan fingerprint density at radius 2 is 1.85 bits per heavy atom. The number of sulfonamides is 1. The molecule has 138 valence electrons. The summed E-state index contributed by atoms with van der Waals surface area (Å²) in [6.45, 7) is 0.750. The van der Waals surface area contributed by atoms with Crippen molar-refractivity contribution in [2.45, 2.75) is 11.8 Å². The smallest absolute Gasteiger partial charge is 0.273 e. The first kappa shape index (κ1) is 19.4. The van der Waals surface area contributed by atoms with Gasteiger partial charge in [0.2, 0.25) is 15.9 Å². The third kappa shape index (κ3) is 4.58. The van der Waals surface area contributed by atoms with Crippen molar-refractivity contribution in [2.24, 2.45) is 0 Å². The minimum atomic E-state index is -4.18. The summed E-state index contributed by atoms with van der Waals surface area (Å²) in [7, 11) is -4.18. The minimum absolute atomic E-state index is 0.0564. The van der Waals surface area contributed by atoms with Crippen molar-refractivity contribution in [3.05, 3.63) is 63.7 Å². The van der Waals surface area contributed by atoms with Crippen LogP contribution >= 0.6 is 0 Å². The van der Waals surface area contributed by atoms with E-state index in [2.05, 4.69) is 5.32 Å². The first-order chi connectivity index (χ1) is 12.1. The maximum absolute atomic E-state index is 13.1. The van der Waals surface area contributed by atoms with Gasteiger partial charge in [-0.2, -0.15) is 0 Å². The monoisotopic (exact) mass is 385 g/mol. The number of nitro benzene ring substituents is 1. The summed E-state index contributed by atoms with van der Waals surface area (Å²) in [5.74, 6) is -3.10. The van der Waals surface area contributed by atoms with Crippen molar-refractivity contribution < 1.29 is 26.9 Å². The molecule has 2 aromatic carbocycles. The van der Waals surface area contributed by atoms with Crippen LogP contribution in [-0.2, 0) is 14.8 Å². The second-order valence-corrected chi connectivity index (χ2v) is 6.97. The number of nitrogens with one attached hydrogen (secondary N) is 2.